The number of nitrogens with two attached hydrogens (primary N) is 1. The number of pyridine rings is 1. The van der Waals surface area contributed by atoms with Gasteiger partial charge in [-0.2, -0.15) is 0 Å². The third kappa shape index (κ3) is 1.85. The molecule has 1 aliphatic rings. The fraction of sp³-hybridized carbons (Fsp3) is 0.400. The lowest BCUT2D eigenvalue weighted by Crippen LogP contribution is -2.38. The molecule has 1 aliphatic heterocycles. The van der Waals surface area contributed by atoms with Gasteiger partial charge in [-0.25, -0.2) is 0 Å². The van der Waals surface area contributed by atoms with E-state index < -0.39 is 0 Å². The van der Waals surface area contributed by atoms with E-state index in [2.05, 4.69) is 30.4 Å². The molecule has 3 N–H and O–H groups in total. The normalized spacial score (nSPS) is 18.9. The minimum atomic E-state index is 0.182. The predicted molar refractivity (Wildman–Crippen MR) is 75.6 cm³/mol. The van der Waals surface area contributed by atoms with Crippen molar-refractivity contribution in [2.75, 3.05) is 18.8 Å². The van der Waals surface area contributed by atoms with Crippen LogP contribution in [-0.4, -0.2) is 18.1 Å². The van der Waals surface area contributed by atoms with Gasteiger partial charge in [0.05, 0.1) is 11.2 Å². The van der Waals surface area contributed by atoms with Gasteiger partial charge in [0.15, 0.2) is 0 Å². The maximum atomic E-state index is 6.02. The summed E-state index contributed by atoms with van der Waals surface area (Å²) in [6.07, 6.45) is 2.27. The number of benzene rings is 1. The van der Waals surface area contributed by atoms with Gasteiger partial charge in [0.2, 0.25) is 0 Å². The minimum absolute atomic E-state index is 0.182. The van der Waals surface area contributed by atoms with Crippen molar-refractivity contribution in [3.63, 3.8) is 0 Å². The van der Waals surface area contributed by atoms with Gasteiger partial charge in [-0.15, -0.1) is 0 Å². The van der Waals surface area contributed by atoms with E-state index in [1.165, 1.54) is 5.69 Å². The van der Waals surface area contributed by atoms with Crippen LogP contribution in [0.4, 0.5) is 5.69 Å². The maximum absolute atomic E-state index is 6.02. The van der Waals surface area contributed by atoms with Crippen LogP contribution in [0.15, 0.2) is 30.3 Å². The minimum Gasteiger partial charge on any atom is -0.397 e. The molecule has 0 spiro atoms. The lowest BCUT2D eigenvalue weighted by Gasteiger charge is -2.33. The fourth-order valence-corrected chi connectivity index (χ4v) is 2.74. The molecule has 1 saturated heterocycles. The van der Waals surface area contributed by atoms with Crippen LogP contribution in [0, 0.1) is 0 Å². The molecule has 1 fully saturated rings. The van der Waals surface area contributed by atoms with Gasteiger partial charge >= 0.3 is 0 Å². The molecule has 2 heterocycles. The number of rotatable bonds is 1. The first kappa shape index (κ1) is 11.5. The number of para-hydroxylation sites is 1. The van der Waals surface area contributed by atoms with Crippen LogP contribution in [0.2, 0.25) is 0 Å². The summed E-state index contributed by atoms with van der Waals surface area (Å²) in [5.74, 6) is 0. The summed E-state index contributed by atoms with van der Waals surface area (Å²) in [6.45, 7) is 4.45. The Morgan fingerprint density at radius 1 is 1.17 bits per heavy atom. The number of nitrogens with zero attached hydrogens (tertiary/aromatic N) is 1. The van der Waals surface area contributed by atoms with Crippen LogP contribution >= 0.6 is 0 Å². The molecule has 94 valence electrons. The average Bonchev–Trinajstić information content (AvgIpc) is 2.40. The number of nitrogens with one attached hydrogen (secondary N) is 1. The highest BCUT2D eigenvalue weighted by atomic mass is 14.9. The highest BCUT2D eigenvalue weighted by Gasteiger charge is 2.30. The Morgan fingerprint density at radius 3 is 2.72 bits per heavy atom. The average molecular weight is 241 g/mol. The Hall–Kier alpha value is -1.61. The fourth-order valence-electron chi connectivity index (χ4n) is 2.74. The Kier molecular flexibility index (Phi) is 2.71. The molecule has 3 heteroatoms. The molecule has 0 amide bonds. The summed E-state index contributed by atoms with van der Waals surface area (Å²) in [4.78, 5) is 4.82. The van der Waals surface area contributed by atoms with Crippen molar-refractivity contribution in [1.29, 1.82) is 0 Å². The largest absolute Gasteiger partial charge is 0.397 e. The number of hydrogen-bond acceptors (Lipinski definition) is 3. The monoisotopic (exact) mass is 241 g/mol. The van der Waals surface area contributed by atoms with Crippen molar-refractivity contribution in [2.24, 2.45) is 0 Å². The number of fused-ring (bicyclic) bond motifs is 1. The first-order valence-corrected chi connectivity index (χ1v) is 6.55. The molecule has 3 rings (SSSR count). The number of hydrogen-bond donors (Lipinski definition) is 2. The summed E-state index contributed by atoms with van der Waals surface area (Å²) in [6, 6.07) is 10.3. The smallest absolute Gasteiger partial charge is 0.0934 e. The van der Waals surface area contributed by atoms with E-state index in [9.17, 15) is 0 Å². The highest BCUT2D eigenvalue weighted by molar-refractivity contribution is 5.89. The molecular formula is C15H19N3. The van der Waals surface area contributed by atoms with Gasteiger partial charge in [-0.1, -0.05) is 25.1 Å². The second kappa shape index (κ2) is 4.25. The molecule has 3 nitrogen and oxygen atoms in total. The summed E-state index contributed by atoms with van der Waals surface area (Å²) < 4.78 is 0. The zero-order valence-electron chi connectivity index (χ0n) is 10.7. The van der Waals surface area contributed by atoms with Crippen LogP contribution in [0.1, 0.15) is 25.5 Å². The van der Waals surface area contributed by atoms with Crippen LogP contribution in [0.25, 0.3) is 10.9 Å². The van der Waals surface area contributed by atoms with Gasteiger partial charge in [0.1, 0.15) is 0 Å². The predicted octanol–water partition coefficient (Wildman–Crippen LogP) is 2.46. The Labute approximate surface area is 107 Å². The molecule has 0 saturated carbocycles. The molecule has 0 aliphatic carbocycles. The van der Waals surface area contributed by atoms with Crippen molar-refractivity contribution in [3.05, 3.63) is 36.0 Å². The zero-order valence-corrected chi connectivity index (χ0v) is 10.7. The number of anilines is 1. The van der Waals surface area contributed by atoms with Crippen molar-refractivity contribution < 1.29 is 0 Å². The van der Waals surface area contributed by atoms with Gasteiger partial charge in [-0.05, 0) is 38.1 Å². The molecule has 1 aromatic heterocycles. The van der Waals surface area contributed by atoms with E-state index in [1.807, 2.05) is 12.1 Å². The van der Waals surface area contributed by atoms with Crippen LogP contribution in [0.5, 0.6) is 0 Å². The van der Waals surface area contributed by atoms with Crippen molar-refractivity contribution >= 4 is 16.6 Å². The number of piperidine rings is 1. The number of aromatic nitrogens is 1. The summed E-state index contributed by atoms with van der Waals surface area (Å²) in [5.41, 5.74) is 9.09. The maximum Gasteiger partial charge on any atom is 0.0934 e. The summed E-state index contributed by atoms with van der Waals surface area (Å²) >= 11 is 0. The standard InChI is InChI=1S/C15H19N3/c1-15(7-9-17-10-8-15)13-6-5-11-3-2-4-12(16)14(11)18-13/h2-6,17H,7-10,16H2,1H3. The van der Waals surface area contributed by atoms with Crippen molar-refractivity contribution in [3.8, 4) is 0 Å². The van der Waals surface area contributed by atoms with Crippen LogP contribution in [-0.2, 0) is 5.41 Å². The Bertz CT molecular complexity index is 571. The summed E-state index contributed by atoms with van der Waals surface area (Å²) in [5, 5.41) is 4.53. The van der Waals surface area contributed by atoms with Gasteiger partial charge < -0.3 is 11.1 Å². The molecule has 0 bridgehead atoms. The van der Waals surface area contributed by atoms with Crippen LogP contribution < -0.4 is 11.1 Å². The second-order valence-corrected chi connectivity index (χ2v) is 5.43. The lowest BCUT2D eigenvalue weighted by atomic mass is 9.77. The molecule has 18 heavy (non-hydrogen) atoms. The molecule has 0 atom stereocenters. The van der Waals surface area contributed by atoms with Crippen molar-refractivity contribution in [1.82, 2.24) is 10.3 Å². The first-order valence-electron chi connectivity index (χ1n) is 6.55. The van der Waals surface area contributed by atoms with E-state index in [-0.39, 0.29) is 5.41 Å². The molecular weight excluding hydrogens is 222 g/mol. The highest BCUT2D eigenvalue weighted by Crippen LogP contribution is 2.33. The summed E-state index contributed by atoms with van der Waals surface area (Å²) in [7, 11) is 0. The van der Waals surface area contributed by atoms with Gasteiger partial charge in [0, 0.05) is 16.5 Å². The zero-order chi connectivity index (χ0) is 12.6. The number of nitrogen functional groups attached to an aromatic ring is 1. The molecule has 0 unspecified atom stereocenters. The topological polar surface area (TPSA) is 50.9 Å². The third-order valence-corrected chi connectivity index (χ3v) is 4.08. The Balaban J connectivity index is 2.10. The third-order valence-electron chi connectivity index (χ3n) is 4.08. The van der Waals surface area contributed by atoms with Gasteiger partial charge in [-0.3, -0.25) is 4.98 Å². The van der Waals surface area contributed by atoms with E-state index in [0.717, 1.165) is 42.5 Å². The van der Waals surface area contributed by atoms with E-state index in [4.69, 9.17) is 10.7 Å². The van der Waals surface area contributed by atoms with Crippen LogP contribution in [0.3, 0.4) is 0 Å². The quantitative estimate of drug-likeness (QED) is 0.754. The lowest BCUT2D eigenvalue weighted by molar-refractivity contribution is 0.328. The van der Waals surface area contributed by atoms with E-state index in [1.54, 1.807) is 0 Å². The Morgan fingerprint density at radius 2 is 1.94 bits per heavy atom. The molecule has 0 radical (unpaired) electrons. The van der Waals surface area contributed by atoms with Gasteiger partial charge in [0.25, 0.3) is 0 Å². The SMILES string of the molecule is CC1(c2ccc3cccc(N)c3n2)CCNCC1. The van der Waals surface area contributed by atoms with E-state index >= 15 is 0 Å². The first-order chi connectivity index (χ1) is 8.69. The van der Waals surface area contributed by atoms with Crippen molar-refractivity contribution in [2.45, 2.75) is 25.2 Å². The second-order valence-electron chi connectivity index (χ2n) is 5.43. The van der Waals surface area contributed by atoms with E-state index in [0.29, 0.717) is 0 Å². The molecule has 2 aromatic rings. The molecule has 1 aromatic carbocycles.